The van der Waals surface area contributed by atoms with Gasteiger partial charge >= 0.3 is 0 Å². The Morgan fingerprint density at radius 2 is 0.796 bits per heavy atom. The van der Waals surface area contributed by atoms with E-state index in [1.807, 2.05) is 7.05 Å². The van der Waals surface area contributed by atoms with Crippen molar-refractivity contribution in [2.75, 3.05) is 26.7 Å². The molecular formula is C47H104N2. The van der Waals surface area contributed by atoms with E-state index in [-0.39, 0.29) is 0 Å². The lowest BCUT2D eigenvalue weighted by molar-refractivity contribution is 0.305. The van der Waals surface area contributed by atoms with Crippen molar-refractivity contribution in [3.05, 3.63) is 0 Å². The van der Waals surface area contributed by atoms with Crippen molar-refractivity contribution in [3.8, 4) is 0 Å². The molecule has 2 fully saturated rings. The first kappa shape index (κ1) is 55.7. The monoisotopic (exact) mass is 697 g/mol. The van der Waals surface area contributed by atoms with Gasteiger partial charge in [0.1, 0.15) is 0 Å². The number of nitrogens with one attached hydrogen (secondary N) is 2. The van der Waals surface area contributed by atoms with Crippen molar-refractivity contribution in [2.45, 2.75) is 232 Å². The largest absolute Gasteiger partial charge is 0.320 e. The summed E-state index contributed by atoms with van der Waals surface area (Å²) in [7, 11) is 1.99. The minimum Gasteiger partial charge on any atom is -0.320 e. The summed E-state index contributed by atoms with van der Waals surface area (Å²) in [6.45, 7) is 37.6. The maximum Gasteiger partial charge on any atom is -0.00465 e. The maximum atomic E-state index is 3.42. The zero-order valence-electron chi connectivity index (χ0n) is 37.9. The van der Waals surface area contributed by atoms with Crippen LogP contribution in [0.5, 0.6) is 0 Å². The molecule has 0 heterocycles. The predicted molar refractivity (Wildman–Crippen MR) is 232 cm³/mol. The molecule has 302 valence electrons. The van der Waals surface area contributed by atoms with E-state index in [2.05, 4.69) is 114 Å². The third kappa shape index (κ3) is 60.3. The molecular weight excluding hydrogens is 593 g/mol. The lowest BCUT2D eigenvalue weighted by Gasteiger charge is -2.22. The van der Waals surface area contributed by atoms with Gasteiger partial charge in [0.25, 0.3) is 0 Å². The molecule has 0 aromatic heterocycles. The maximum absolute atomic E-state index is 3.42. The van der Waals surface area contributed by atoms with Crippen LogP contribution >= 0.6 is 0 Å². The number of rotatable bonds is 18. The average molecular weight is 697 g/mol. The summed E-state index contributed by atoms with van der Waals surface area (Å²) >= 11 is 0. The zero-order chi connectivity index (χ0) is 38.3. The molecule has 2 saturated carbocycles. The third-order valence-electron chi connectivity index (χ3n) is 9.39. The Bertz CT molecular complexity index is 526. The minimum absolute atomic E-state index is 0.840. The van der Waals surface area contributed by atoms with Crippen molar-refractivity contribution in [3.63, 3.8) is 0 Å². The standard InChI is InChI=1S/C10H20.C9H21N.C9H18.C7H16.C6H15N.C6H14/c1-9(2)8-10-6-4-3-5-7-10;1-4-5-7-10-8-6-9(2)3;1-8(2)7-9-5-3-4-6-9;1-4-5-6-7(2)3;1-6(2)4-5-7-3;1-4-5-6(2)3/h9-10H,3-8H2,1-2H3;9-10H,4-8H2,1-3H3;8-9H,3-7H2,1-2H3;7H,4-6H2,1-3H3;6-7H,4-5H2,1-3H3;6H,4-5H2,1-3H3. The Morgan fingerprint density at radius 1 is 0.408 bits per heavy atom. The van der Waals surface area contributed by atoms with Gasteiger partial charge in [0.15, 0.2) is 0 Å². The highest BCUT2D eigenvalue weighted by Crippen LogP contribution is 2.30. The topological polar surface area (TPSA) is 24.1 Å². The summed E-state index contributed by atoms with van der Waals surface area (Å²) in [6.07, 6.45) is 28.5. The summed E-state index contributed by atoms with van der Waals surface area (Å²) in [5.41, 5.74) is 0. The third-order valence-corrected chi connectivity index (χ3v) is 9.39. The van der Waals surface area contributed by atoms with Crippen LogP contribution in [0.15, 0.2) is 0 Å². The van der Waals surface area contributed by atoms with E-state index in [0.29, 0.717) is 0 Å². The predicted octanol–water partition coefficient (Wildman–Crippen LogP) is 15.8. The molecule has 2 aliphatic rings. The normalized spacial score (nSPS) is 14.8. The first-order valence-electron chi connectivity index (χ1n) is 22.5. The molecule has 0 aromatic carbocycles. The fourth-order valence-corrected chi connectivity index (χ4v) is 6.44. The molecule has 49 heavy (non-hydrogen) atoms. The van der Waals surface area contributed by atoms with Gasteiger partial charge in [0.2, 0.25) is 0 Å². The Hall–Kier alpha value is -0.0800. The molecule has 0 unspecified atom stereocenters. The number of hydrogen-bond donors (Lipinski definition) is 2. The lowest BCUT2D eigenvalue weighted by atomic mass is 9.84. The van der Waals surface area contributed by atoms with Crippen LogP contribution in [0.25, 0.3) is 0 Å². The van der Waals surface area contributed by atoms with Crippen LogP contribution in [-0.2, 0) is 0 Å². The molecule has 0 saturated heterocycles. The van der Waals surface area contributed by atoms with Gasteiger partial charge in [-0.1, -0.05) is 200 Å². The van der Waals surface area contributed by atoms with Gasteiger partial charge in [-0.05, 0) is 106 Å². The van der Waals surface area contributed by atoms with Crippen molar-refractivity contribution < 1.29 is 0 Å². The van der Waals surface area contributed by atoms with E-state index in [1.165, 1.54) is 142 Å². The summed E-state index contributed by atoms with van der Waals surface area (Å²) in [6, 6.07) is 0. The molecule has 2 rings (SSSR count). The van der Waals surface area contributed by atoms with Crippen LogP contribution in [0.2, 0.25) is 0 Å². The second-order valence-corrected chi connectivity index (χ2v) is 18.2. The van der Waals surface area contributed by atoms with Gasteiger partial charge in [0.05, 0.1) is 0 Å². The molecule has 0 aromatic rings. The quantitative estimate of drug-likeness (QED) is 0.139. The van der Waals surface area contributed by atoms with E-state index >= 15 is 0 Å². The smallest absolute Gasteiger partial charge is 0.00465 e. The Kier molecular flexibility index (Phi) is 50.1. The molecule has 0 amide bonds. The fourth-order valence-electron chi connectivity index (χ4n) is 6.44. The van der Waals surface area contributed by atoms with E-state index in [9.17, 15) is 0 Å². The van der Waals surface area contributed by atoms with Crippen LogP contribution in [-0.4, -0.2) is 26.7 Å². The highest BCUT2D eigenvalue weighted by molar-refractivity contribution is 4.68. The van der Waals surface area contributed by atoms with Crippen LogP contribution in [0.3, 0.4) is 0 Å². The van der Waals surface area contributed by atoms with Gasteiger partial charge in [0, 0.05) is 0 Å². The van der Waals surface area contributed by atoms with Crippen LogP contribution < -0.4 is 10.6 Å². The van der Waals surface area contributed by atoms with Crippen molar-refractivity contribution in [1.82, 2.24) is 10.6 Å². The van der Waals surface area contributed by atoms with Gasteiger partial charge in [-0.25, -0.2) is 0 Å². The summed E-state index contributed by atoms with van der Waals surface area (Å²) in [5.74, 6) is 7.49. The summed E-state index contributed by atoms with van der Waals surface area (Å²) in [4.78, 5) is 0. The molecule has 2 N–H and O–H groups in total. The molecule has 0 atom stereocenters. The number of unbranched alkanes of at least 4 members (excludes halogenated alkanes) is 2. The van der Waals surface area contributed by atoms with Gasteiger partial charge in [-0.2, -0.15) is 0 Å². The van der Waals surface area contributed by atoms with Crippen LogP contribution in [0, 0.1) is 47.3 Å². The first-order chi connectivity index (χ1) is 23.2. The molecule has 0 spiro atoms. The Labute approximate surface area is 316 Å². The highest BCUT2D eigenvalue weighted by atomic mass is 14.8. The van der Waals surface area contributed by atoms with E-state index in [4.69, 9.17) is 0 Å². The van der Waals surface area contributed by atoms with Crippen molar-refractivity contribution >= 4 is 0 Å². The molecule has 0 bridgehead atoms. The van der Waals surface area contributed by atoms with Gasteiger partial charge in [-0.15, -0.1) is 0 Å². The fraction of sp³-hybridized carbons (Fsp3) is 1.00. The molecule has 2 heteroatoms. The van der Waals surface area contributed by atoms with E-state index in [1.54, 1.807) is 0 Å². The molecule has 0 radical (unpaired) electrons. The SMILES string of the molecule is CC(C)CC1CCCC1.CC(C)CC1CCCCC1.CCCC(C)C.CCCCC(C)C.CCCCNCCC(C)C.CNCCC(C)C. The van der Waals surface area contributed by atoms with Gasteiger partial charge in [-0.3, -0.25) is 0 Å². The van der Waals surface area contributed by atoms with Crippen LogP contribution in [0.1, 0.15) is 232 Å². The average Bonchev–Trinajstić information content (AvgIpc) is 3.53. The summed E-state index contributed by atoms with van der Waals surface area (Å²) < 4.78 is 0. The van der Waals surface area contributed by atoms with E-state index < -0.39 is 0 Å². The minimum atomic E-state index is 0.840. The molecule has 2 nitrogen and oxygen atoms in total. The summed E-state index contributed by atoms with van der Waals surface area (Å²) in [5, 5.41) is 6.52. The second kappa shape index (κ2) is 44.1. The Balaban J connectivity index is -0.000000251. The van der Waals surface area contributed by atoms with Crippen LogP contribution in [0.4, 0.5) is 0 Å². The first-order valence-corrected chi connectivity index (χ1v) is 22.5. The number of hydrogen-bond acceptors (Lipinski definition) is 2. The van der Waals surface area contributed by atoms with Crippen molar-refractivity contribution in [1.29, 1.82) is 0 Å². The molecule has 2 aliphatic carbocycles. The zero-order valence-corrected chi connectivity index (χ0v) is 37.9. The lowest BCUT2D eigenvalue weighted by Crippen LogP contribution is -2.17. The Morgan fingerprint density at radius 3 is 1.06 bits per heavy atom. The van der Waals surface area contributed by atoms with Gasteiger partial charge < -0.3 is 10.6 Å². The van der Waals surface area contributed by atoms with Crippen molar-refractivity contribution in [2.24, 2.45) is 47.3 Å². The molecule has 0 aliphatic heterocycles. The van der Waals surface area contributed by atoms with E-state index in [0.717, 1.165) is 53.9 Å². The highest BCUT2D eigenvalue weighted by Gasteiger charge is 2.15. The second-order valence-electron chi connectivity index (χ2n) is 18.2.